The van der Waals surface area contributed by atoms with Crippen LogP contribution in [-0.4, -0.2) is 30.9 Å². The number of unbranched alkanes of at least 4 members (excludes halogenated alkanes) is 1. The molecule has 1 aliphatic rings. The Kier molecular flexibility index (Phi) is 5.96. The normalized spacial score (nSPS) is 13.9. The quantitative estimate of drug-likeness (QED) is 0.665. The molecule has 1 aromatic rings. The summed E-state index contributed by atoms with van der Waals surface area (Å²) in [7, 11) is 0. The van der Waals surface area contributed by atoms with Crippen LogP contribution in [0.1, 0.15) is 32.1 Å². The largest absolute Gasteiger partial charge is 0.352 e. The molecule has 1 aromatic carbocycles. The molecule has 4 amide bonds. The summed E-state index contributed by atoms with van der Waals surface area (Å²) in [5, 5.41) is 5.30. The molecule has 1 heterocycles. The maximum atomic E-state index is 11.8. The molecule has 0 radical (unpaired) electrons. The van der Waals surface area contributed by atoms with Gasteiger partial charge in [0.05, 0.1) is 0 Å². The van der Waals surface area contributed by atoms with Crippen molar-refractivity contribution in [1.82, 2.24) is 5.32 Å². The van der Waals surface area contributed by atoms with Crippen LogP contribution in [0.3, 0.4) is 0 Å². The molecule has 7 nitrogen and oxygen atoms in total. The lowest BCUT2D eigenvalue weighted by Gasteiger charge is -2.16. The number of primary amides is 1. The Morgan fingerprint density at radius 3 is 2.52 bits per heavy atom. The van der Waals surface area contributed by atoms with E-state index in [0.717, 1.165) is 18.7 Å². The summed E-state index contributed by atoms with van der Waals surface area (Å²) in [6, 6.07) is 6.73. The Hall–Kier alpha value is -2.57. The van der Waals surface area contributed by atoms with Crippen molar-refractivity contribution in [3.63, 3.8) is 0 Å². The number of nitrogens with one attached hydrogen (secondary N) is 2. The highest BCUT2D eigenvalue weighted by Crippen LogP contribution is 2.23. The number of nitrogens with two attached hydrogens (primary N) is 1. The minimum absolute atomic E-state index is 0.0749. The predicted molar refractivity (Wildman–Crippen MR) is 88.1 cm³/mol. The van der Waals surface area contributed by atoms with Gasteiger partial charge < -0.3 is 21.3 Å². The van der Waals surface area contributed by atoms with Gasteiger partial charge >= 0.3 is 6.03 Å². The minimum Gasteiger partial charge on any atom is -0.352 e. The fourth-order valence-electron chi connectivity index (χ4n) is 2.49. The van der Waals surface area contributed by atoms with Crippen LogP contribution in [-0.2, 0) is 9.59 Å². The van der Waals surface area contributed by atoms with E-state index in [9.17, 15) is 14.4 Å². The highest BCUT2D eigenvalue weighted by Gasteiger charge is 2.21. The fraction of sp³-hybridized carbons (Fsp3) is 0.438. The van der Waals surface area contributed by atoms with Crippen molar-refractivity contribution in [1.29, 1.82) is 0 Å². The van der Waals surface area contributed by atoms with Crippen molar-refractivity contribution in [2.24, 2.45) is 5.73 Å². The van der Waals surface area contributed by atoms with Crippen LogP contribution in [0.4, 0.5) is 16.2 Å². The van der Waals surface area contributed by atoms with Crippen LogP contribution in [0.5, 0.6) is 0 Å². The minimum atomic E-state index is -0.550. The number of rotatable bonds is 7. The summed E-state index contributed by atoms with van der Waals surface area (Å²) in [5.74, 6) is 0.0698. The number of hydrogen-bond acceptors (Lipinski definition) is 3. The average Bonchev–Trinajstić information content (AvgIpc) is 2.93. The third kappa shape index (κ3) is 5.28. The number of carbonyl (C=O) groups excluding carboxylic acids is 3. The maximum absolute atomic E-state index is 11.8. The van der Waals surface area contributed by atoms with Gasteiger partial charge in [-0.3, -0.25) is 9.59 Å². The van der Waals surface area contributed by atoms with Crippen molar-refractivity contribution in [3.8, 4) is 0 Å². The zero-order valence-corrected chi connectivity index (χ0v) is 13.0. The molecule has 0 aliphatic carbocycles. The van der Waals surface area contributed by atoms with Crippen molar-refractivity contribution in [3.05, 3.63) is 24.3 Å². The molecule has 1 fully saturated rings. The number of hydrogen-bond donors (Lipinski definition) is 3. The molecular weight excluding hydrogens is 296 g/mol. The second-order valence-electron chi connectivity index (χ2n) is 5.49. The van der Waals surface area contributed by atoms with Crippen LogP contribution in [0, 0.1) is 0 Å². The van der Waals surface area contributed by atoms with E-state index in [-0.39, 0.29) is 11.8 Å². The molecule has 0 spiro atoms. The summed E-state index contributed by atoms with van der Waals surface area (Å²) >= 11 is 0. The van der Waals surface area contributed by atoms with Gasteiger partial charge in [0.15, 0.2) is 0 Å². The lowest BCUT2D eigenvalue weighted by atomic mass is 10.2. The zero-order chi connectivity index (χ0) is 16.7. The number of anilines is 2. The maximum Gasteiger partial charge on any atom is 0.312 e. The molecule has 0 saturated carbocycles. The lowest BCUT2D eigenvalue weighted by molar-refractivity contribution is -0.117. The van der Waals surface area contributed by atoms with E-state index in [2.05, 4.69) is 10.6 Å². The smallest absolute Gasteiger partial charge is 0.312 e. The van der Waals surface area contributed by atoms with Crippen molar-refractivity contribution in [2.45, 2.75) is 32.1 Å². The Morgan fingerprint density at radius 1 is 1.17 bits per heavy atom. The van der Waals surface area contributed by atoms with Gasteiger partial charge in [-0.25, -0.2) is 4.79 Å². The number of benzene rings is 1. The van der Waals surface area contributed by atoms with E-state index in [4.69, 9.17) is 5.73 Å². The first-order valence-corrected chi connectivity index (χ1v) is 7.80. The summed E-state index contributed by atoms with van der Waals surface area (Å²) in [5.41, 5.74) is 6.52. The third-order valence-electron chi connectivity index (χ3n) is 3.67. The Morgan fingerprint density at radius 2 is 1.91 bits per heavy atom. The second-order valence-corrected chi connectivity index (χ2v) is 5.49. The van der Waals surface area contributed by atoms with Crippen LogP contribution < -0.4 is 21.3 Å². The first-order valence-electron chi connectivity index (χ1n) is 7.80. The molecule has 23 heavy (non-hydrogen) atoms. The van der Waals surface area contributed by atoms with E-state index in [1.54, 1.807) is 17.0 Å². The standard InChI is InChI=1S/C16H22N4O3/c17-16(23)18-10-2-1-4-14(21)19-12-6-8-13(9-7-12)20-11-3-5-15(20)22/h6-9H,1-5,10-11H2,(H,19,21)(H3,17,18,23). The van der Waals surface area contributed by atoms with Crippen molar-refractivity contribution >= 4 is 29.2 Å². The summed E-state index contributed by atoms with van der Waals surface area (Å²) in [4.78, 5) is 35.7. The lowest BCUT2D eigenvalue weighted by Crippen LogP contribution is -2.30. The van der Waals surface area contributed by atoms with Crippen molar-refractivity contribution < 1.29 is 14.4 Å². The van der Waals surface area contributed by atoms with Gasteiger partial charge in [-0.15, -0.1) is 0 Å². The summed E-state index contributed by atoms with van der Waals surface area (Å²) in [6.45, 7) is 1.23. The molecule has 2 rings (SSSR count). The highest BCUT2D eigenvalue weighted by atomic mass is 16.2. The number of urea groups is 1. The van der Waals surface area contributed by atoms with Gasteiger partial charge in [0.25, 0.3) is 0 Å². The highest BCUT2D eigenvalue weighted by molar-refractivity contribution is 5.96. The van der Waals surface area contributed by atoms with Crippen LogP contribution in [0.25, 0.3) is 0 Å². The van der Waals surface area contributed by atoms with Gasteiger partial charge in [0.2, 0.25) is 11.8 Å². The Bertz CT molecular complexity index is 571. The fourth-order valence-corrected chi connectivity index (χ4v) is 2.49. The average molecular weight is 318 g/mol. The molecule has 0 unspecified atom stereocenters. The predicted octanol–water partition coefficient (Wildman–Crippen LogP) is 1.59. The number of nitrogens with zero attached hydrogens (tertiary/aromatic N) is 1. The Labute approximate surface area is 135 Å². The first kappa shape index (κ1) is 16.8. The SMILES string of the molecule is NC(=O)NCCCCC(=O)Nc1ccc(N2CCCC2=O)cc1. The monoisotopic (exact) mass is 318 g/mol. The molecule has 7 heteroatoms. The van der Waals surface area contributed by atoms with Crippen molar-refractivity contribution in [2.75, 3.05) is 23.3 Å². The molecular formula is C16H22N4O3. The topological polar surface area (TPSA) is 105 Å². The molecule has 0 aromatic heterocycles. The van der Waals surface area contributed by atoms with Gasteiger partial charge in [-0.2, -0.15) is 0 Å². The van der Waals surface area contributed by atoms with Crippen LogP contribution >= 0.6 is 0 Å². The molecule has 1 aliphatic heterocycles. The van der Waals surface area contributed by atoms with Crippen LogP contribution in [0.15, 0.2) is 24.3 Å². The second kappa shape index (κ2) is 8.17. The number of amides is 4. The zero-order valence-electron chi connectivity index (χ0n) is 13.0. The molecule has 124 valence electrons. The third-order valence-corrected chi connectivity index (χ3v) is 3.67. The molecule has 0 atom stereocenters. The van der Waals surface area contributed by atoms with E-state index < -0.39 is 6.03 Å². The van der Waals surface area contributed by atoms with Gasteiger partial charge in [0, 0.05) is 37.3 Å². The molecule has 0 bridgehead atoms. The van der Waals surface area contributed by atoms with E-state index in [1.165, 1.54) is 0 Å². The number of carbonyl (C=O) groups is 3. The molecule has 4 N–H and O–H groups in total. The molecule has 1 saturated heterocycles. The van der Waals surface area contributed by atoms with E-state index in [1.807, 2.05) is 12.1 Å². The Balaban J connectivity index is 1.73. The van der Waals surface area contributed by atoms with Gasteiger partial charge in [-0.05, 0) is 43.5 Å². The first-order chi connectivity index (χ1) is 11.1. The summed E-state index contributed by atoms with van der Waals surface area (Å²) < 4.78 is 0. The van der Waals surface area contributed by atoms with Gasteiger partial charge in [-0.1, -0.05) is 0 Å². The van der Waals surface area contributed by atoms with E-state index >= 15 is 0 Å². The van der Waals surface area contributed by atoms with Crippen LogP contribution in [0.2, 0.25) is 0 Å². The summed E-state index contributed by atoms with van der Waals surface area (Å²) in [6.07, 6.45) is 3.25. The van der Waals surface area contributed by atoms with Gasteiger partial charge in [0.1, 0.15) is 0 Å². The van der Waals surface area contributed by atoms with E-state index in [0.29, 0.717) is 37.9 Å².